The molecule has 0 saturated carbocycles. The van der Waals surface area contributed by atoms with Crippen molar-refractivity contribution in [3.8, 4) is 0 Å². The molecule has 3 N–H and O–H groups in total. The lowest BCUT2D eigenvalue weighted by molar-refractivity contribution is -0.161. The second kappa shape index (κ2) is 38.7. The van der Waals surface area contributed by atoms with E-state index in [9.17, 15) is 24.2 Å². The average Bonchev–Trinajstić information content (AvgIpc) is 3.14. The Morgan fingerprint density at radius 3 is 1.49 bits per heavy atom. The van der Waals surface area contributed by atoms with E-state index in [-0.39, 0.29) is 19.4 Å². The molecule has 0 aliphatic heterocycles. The van der Waals surface area contributed by atoms with Gasteiger partial charge in [-0.05, 0) is 44.9 Å². The van der Waals surface area contributed by atoms with Crippen molar-refractivity contribution in [1.29, 1.82) is 0 Å². The molecule has 0 aliphatic carbocycles. The molecule has 53 heavy (non-hydrogen) atoms. The van der Waals surface area contributed by atoms with Gasteiger partial charge in [0.2, 0.25) is 0 Å². The smallest absolute Gasteiger partial charge is 0.462 e. The molecule has 0 rings (SSSR count). The summed E-state index contributed by atoms with van der Waals surface area (Å²) >= 11 is 0. The molecule has 3 atom stereocenters. The van der Waals surface area contributed by atoms with Gasteiger partial charge >= 0.3 is 19.8 Å². The fourth-order valence-corrected chi connectivity index (χ4v) is 6.58. The van der Waals surface area contributed by atoms with E-state index >= 15 is 0 Å². The molecule has 0 aromatic rings. The second-order valence-electron chi connectivity index (χ2n) is 14.4. The Hall–Kier alpha value is -1.55. The number of unbranched alkanes of at least 4 members (excludes halogenated alkanes) is 22. The maximum absolute atomic E-state index is 12.6. The van der Waals surface area contributed by atoms with Gasteiger partial charge in [0.25, 0.3) is 0 Å². The van der Waals surface area contributed by atoms with E-state index < -0.39 is 51.8 Å². The zero-order valence-electron chi connectivity index (χ0n) is 33.7. The monoisotopic (exact) mass is 775 g/mol. The van der Waals surface area contributed by atoms with Crippen LogP contribution in [-0.4, -0.2) is 65.7 Å². The molecule has 0 aromatic heterocycles. The molecule has 10 nitrogen and oxygen atoms in total. The van der Waals surface area contributed by atoms with Crippen molar-refractivity contribution in [3.63, 3.8) is 0 Å². The molecule has 312 valence electrons. The van der Waals surface area contributed by atoms with Crippen LogP contribution in [0.25, 0.3) is 0 Å². The van der Waals surface area contributed by atoms with Crippen molar-refractivity contribution in [2.45, 2.75) is 206 Å². The van der Waals surface area contributed by atoms with Crippen molar-refractivity contribution < 1.29 is 47.8 Å². The minimum absolute atomic E-state index is 0.182. The van der Waals surface area contributed by atoms with Crippen molar-refractivity contribution in [2.75, 3.05) is 26.4 Å². The third-order valence-electron chi connectivity index (χ3n) is 9.11. The number of phosphoric acid groups is 1. The Labute approximate surface area is 323 Å². The van der Waals surface area contributed by atoms with Gasteiger partial charge in [-0.15, -0.1) is 0 Å². The summed E-state index contributed by atoms with van der Waals surface area (Å²) in [4.78, 5) is 34.9. The van der Waals surface area contributed by atoms with Crippen molar-refractivity contribution in [2.24, 2.45) is 0 Å². The molecule has 11 heteroatoms. The topological polar surface area (TPSA) is 149 Å². The van der Waals surface area contributed by atoms with Crippen LogP contribution in [0.3, 0.4) is 0 Å². The first-order chi connectivity index (χ1) is 25.7. The SMILES string of the molecule is CCCCC/C=C\C/C=C\CCCCCCCCCCCC(=O)O[C@H](COC(=O)CCCCCCCCCCCCC)COP(=O)(O)OC[C@@H](O)CO. The van der Waals surface area contributed by atoms with E-state index in [0.29, 0.717) is 12.8 Å². The Morgan fingerprint density at radius 1 is 0.566 bits per heavy atom. The summed E-state index contributed by atoms with van der Waals surface area (Å²) in [7, 11) is -4.61. The Morgan fingerprint density at radius 2 is 0.981 bits per heavy atom. The number of aliphatic hydroxyl groups is 2. The molecule has 0 aliphatic rings. The number of esters is 2. The molecule has 1 unspecified atom stereocenters. The summed E-state index contributed by atoms with van der Waals surface area (Å²) < 4.78 is 32.7. The van der Waals surface area contributed by atoms with Crippen LogP contribution in [0.5, 0.6) is 0 Å². The molecule has 0 fully saturated rings. The average molecular weight is 775 g/mol. The number of ether oxygens (including phenoxy) is 2. The van der Waals surface area contributed by atoms with E-state index in [1.165, 1.54) is 103 Å². The minimum atomic E-state index is -4.61. The highest BCUT2D eigenvalue weighted by molar-refractivity contribution is 7.47. The highest BCUT2D eigenvalue weighted by atomic mass is 31.2. The quantitative estimate of drug-likeness (QED) is 0.0238. The summed E-state index contributed by atoms with van der Waals surface area (Å²) in [6, 6.07) is 0. The Balaban J connectivity index is 4.26. The summed E-state index contributed by atoms with van der Waals surface area (Å²) in [5.41, 5.74) is 0. The molecule has 0 radical (unpaired) electrons. The predicted octanol–water partition coefficient (Wildman–Crippen LogP) is 11.0. The lowest BCUT2D eigenvalue weighted by atomic mass is 10.1. The van der Waals surface area contributed by atoms with Crippen LogP contribution in [0.1, 0.15) is 194 Å². The van der Waals surface area contributed by atoms with E-state index in [1.54, 1.807) is 0 Å². The number of hydrogen-bond acceptors (Lipinski definition) is 9. The van der Waals surface area contributed by atoms with Gasteiger partial charge in [0.1, 0.15) is 12.7 Å². The summed E-state index contributed by atoms with van der Waals surface area (Å²) in [6.45, 7) is 2.35. The molecular weight excluding hydrogens is 695 g/mol. The van der Waals surface area contributed by atoms with Gasteiger partial charge in [-0.1, -0.05) is 160 Å². The predicted molar refractivity (Wildman–Crippen MR) is 215 cm³/mol. The van der Waals surface area contributed by atoms with Gasteiger partial charge in [0, 0.05) is 12.8 Å². The fourth-order valence-electron chi connectivity index (χ4n) is 5.79. The van der Waals surface area contributed by atoms with Crippen LogP contribution in [0, 0.1) is 0 Å². The van der Waals surface area contributed by atoms with Crippen LogP contribution in [-0.2, 0) is 32.7 Å². The maximum atomic E-state index is 12.6. The largest absolute Gasteiger partial charge is 0.472 e. The van der Waals surface area contributed by atoms with Crippen molar-refractivity contribution >= 4 is 19.8 Å². The zero-order valence-corrected chi connectivity index (χ0v) is 34.6. The van der Waals surface area contributed by atoms with Gasteiger partial charge in [-0.3, -0.25) is 18.6 Å². The molecule has 0 spiro atoms. The van der Waals surface area contributed by atoms with E-state index in [1.807, 2.05) is 0 Å². The number of carbonyl (C=O) groups is 2. The fraction of sp³-hybridized carbons (Fsp3) is 0.857. The highest BCUT2D eigenvalue weighted by Gasteiger charge is 2.27. The van der Waals surface area contributed by atoms with Gasteiger partial charge in [0.15, 0.2) is 6.10 Å². The van der Waals surface area contributed by atoms with Crippen molar-refractivity contribution in [1.82, 2.24) is 0 Å². The molecule has 0 amide bonds. The third-order valence-corrected chi connectivity index (χ3v) is 10.1. The first-order valence-corrected chi connectivity index (χ1v) is 22.8. The molecule has 0 bridgehead atoms. The van der Waals surface area contributed by atoms with E-state index in [2.05, 4.69) is 42.7 Å². The molecule has 0 saturated heterocycles. The first kappa shape index (κ1) is 51.5. The summed E-state index contributed by atoms with van der Waals surface area (Å²) in [5.74, 6) is -0.925. The highest BCUT2D eigenvalue weighted by Crippen LogP contribution is 2.43. The summed E-state index contributed by atoms with van der Waals surface area (Å²) in [6.07, 6.45) is 37.1. The number of carbonyl (C=O) groups excluding carboxylic acids is 2. The standard InChI is InChI=1S/C42H79O10P/c1-3-5-7-9-11-13-15-16-17-18-19-20-21-22-24-26-28-30-32-34-42(46)52-40(38-51-53(47,48)50-36-39(44)35-43)37-49-41(45)33-31-29-27-25-23-14-12-10-8-6-4-2/h11,13,16-17,39-40,43-44H,3-10,12,14-15,18-38H2,1-2H3,(H,47,48)/b13-11-,17-16-/t39-,40+/m0/s1. The Kier molecular flexibility index (Phi) is 37.6. The first-order valence-electron chi connectivity index (χ1n) is 21.3. The van der Waals surface area contributed by atoms with Crippen LogP contribution >= 0.6 is 7.82 Å². The molecule has 0 heterocycles. The van der Waals surface area contributed by atoms with Gasteiger partial charge in [-0.25, -0.2) is 4.57 Å². The minimum Gasteiger partial charge on any atom is -0.462 e. The third kappa shape index (κ3) is 38.5. The zero-order chi connectivity index (χ0) is 39.1. The summed E-state index contributed by atoms with van der Waals surface area (Å²) in [5, 5.41) is 18.3. The van der Waals surface area contributed by atoms with Crippen LogP contribution in [0.2, 0.25) is 0 Å². The van der Waals surface area contributed by atoms with Crippen LogP contribution in [0.15, 0.2) is 24.3 Å². The molecular formula is C42H79O10P. The number of rotatable bonds is 40. The number of phosphoric ester groups is 1. The van der Waals surface area contributed by atoms with E-state index in [4.69, 9.17) is 19.1 Å². The number of aliphatic hydroxyl groups excluding tert-OH is 2. The van der Waals surface area contributed by atoms with Gasteiger partial charge in [0.05, 0.1) is 19.8 Å². The normalized spacial score (nSPS) is 14.1. The maximum Gasteiger partial charge on any atom is 0.472 e. The van der Waals surface area contributed by atoms with E-state index in [0.717, 1.165) is 51.4 Å². The molecule has 0 aromatic carbocycles. The Bertz CT molecular complexity index is 941. The van der Waals surface area contributed by atoms with Crippen molar-refractivity contribution in [3.05, 3.63) is 24.3 Å². The van der Waals surface area contributed by atoms with Crippen LogP contribution in [0.4, 0.5) is 0 Å². The number of allylic oxidation sites excluding steroid dienone is 4. The van der Waals surface area contributed by atoms with Gasteiger partial charge in [-0.2, -0.15) is 0 Å². The lowest BCUT2D eigenvalue weighted by Crippen LogP contribution is -2.29. The van der Waals surface area contributed by atoms with Gasteiger partial charge < -0.3 is 24.6 Å². The lowest BCUT2D eigenvalue weighted by Gasteiger charge is -2.20. The number of hydrogen-bond donors (Lipinski definition) is 3. The van der Waals surface area contributed by atoms with Crippen LogP contribution < -0.4 is 0 Å². The second-order valence-corrected chi connectivity index (χ2v) is 15.8.